The highest BCUT2D eigenvalue weighted by atomic mass is 127. The number of hydrogen-bond acceptors (Lipinski definition) is 6. The SMILES string of the molecule is CSC(N)=NC(=O)c1nc(C)c(N)nc1N.I. The van der Waals surface area contributed by atoms with Gasteiger partial charge < -0.3 is 17.2 Å². The lowest BCUT2D eigenvalue weighted by Gasteiger charge is -2.04. The summed E-state index contributed by atoms with van der Waals surface area (Å²) in [5.74, 6) is -0.485. The number of carbonyl (C=O) groups is 1. The highest BCUT2D eigenvalue weighted by Crippen LogP contribution is 2.13. The number of thioether (sulfide) groups is 1. The van der Waals surface area contributed by atoms with Crippen LogP contribution in [0.4, 0.5) is 11.6 Å². The predicted octanol–water partition coefficient (Wildman–Crippen LogP) is 0.385. The molecule has 1 heterocycles. The van der Waals surface area contributed by atoms with Crippen LogP contribution in [0.5, 0.6) is 0 Å². The molecule has 0 spiro atoms. The molecule has 0 unspecified atom stereocenters. The molecule has 0 aliphatic heterocycles. The van der Waals surface area contributed by atoms with Crippen LogP contribution in [0.15, 0.2) is 4.99 Å². The summed E-state index contributed by atoms with van der Waals surface area (Å²) in [6.45, 7) is 1.63. The predicted molar refractivity (Wildman–Crippen MR) is 80.5 cm³/mol. The zero-order valence-corrected chi connectivity index (χ0v) is 12.4. The van der Waals surface area contributed by atoms with Crippen molar-refractivity contribution < 1.29 is 4.79 Å². The van der Waals surface area contributed by atoms with Gasteiger partial charge in [-0.15, -0.1) is 24.0 Å². The number of carbonyl (C=O) groups excluding carboxylic acids is 1. The molecule has 0 saturated heterocycles. The number of amidine groups is 1. The molecule has 94 valence electrons. The van der Waals surface area contributed by atoms with Crippen LogP contribution < -0.4 is 17.2 Å². The van der Waals surface area contributed by atoms with Crippen molar-refractivity contribution >= 4 is 58.4 Å². The van der Waals surface area contributed by atoms with Gasteiger partial charge in [0.25, 0.3) is 0 Å². The maximum absolute atomic E-state index is 11.6. The fourth-order valence-electron chi connectivity index (χ4n) is 0.902. The van der Waals surface area contributed by atoms with Gasteiger partial charge in [-0.05, 0) is 13.2 Å². The molecule has 17 heavy (non-hydrogen) atoms. The van der Waals surface area contributed by atoms with Gasteiger partial charge >= 0.3 is 5.91 Å². The minimum absolute atomic E-state index is 0. The maximum atomic E-state index is 11.6. The average Bonchev–Trinajstić information content (AvgIpc) is 2.23. The van der Waals surface area contributed by atoms with E-state index in [-0.39, 0.29) is 46.5 Å². The standard InChI is InChI=1S/C8H12N6OS.HI/c1-3-5(9)13-6(10)4(12-3)7(15)14-8(11)16-2;/h1-2H3,(H4,9,10,13)(H2,11,14,15);1H. The van der Waals surface area contributed by atoms with Crippen LogP contribution in [0.25, 0.3) is 0 Å². The molecule has 0 saturated carbocycles. The van der Waals surface area contributed by atoms with Crippen molar-refractivity contribution in [3.63, 3.8) is 0 Å². The van der Waals surface area contributed by atoms with E-state index in [9.17, 15) is 4.79 Å². The number of amides is 1. The molecule has 9 heteroatoms. The van der Waals surface area contributed by atoms with Crippen LogP contribution in [-0.2, 0) is 0 Å². The van der Waals surface area contributed by atoms with E-state index in [0.29, 0.717) is 5.69 Å². The molecule has 0 aliphatic rings. The van der Waals surface area contributed by atoms with Crippen LogP contribution in [0.2, 0.25) is 0 Å². The Morgan fingerprint density at radius 1 is 1.29 bits per heavy atom. The molecule has 6 N–H and O–H groups in total. The number of nitrogen functional groups attached to an aromatic ring is 2. The van der Waals surface area contributed by atoms with Crippen molar-refractivity contribution in [3.05, 3.63) is 11.4 Å². The van der Waals surface area contributed by atoms with E-state index in [2.05, 4.69) is 15.0 Å². The molecule has 0 aromatic carbocycles. The quantitative estimate of drug-likeness (QED) is 0.371. The fourth-order valence-corrected chi connectivity index (χ4v) is 1.08. The number of halogens is 1. The fraction of sp³-hybridized carbons (Fsp3) is 0.250. The second-order valence-electron chi connectivity index (χ2n) is 2.89. The number of hydrogen-bond donors (Lipinski definition) is 3. The van der Waals surface area contributed by atoms with Crippen LogP contribution in [-0.4, -0.2) is 27.3 Å². The van der Waals surface area contributed by atoms with Gasteiger partial charge in [-0.25, -0.2) is 9.97 Å². The van der Waals surface area contributed by atoms with Crippen molar-refractivity contribution in [3.8, 4) is 0 Å². The monoisotopic (exact) mass is 368 g/mol. The number of anilines is 2. The van der Waals surface area contributed by atoms with Crippen molar-refractivity contribution in [1.29, 1.82) is 0 Å². The Labute approximate surface area is 120 Å². The number of rotatable bonds is 1. The third kappa shape index (κ3) is 4.00. The smallest absolute Gasteiger partial charge is 0.301 e. The van der Waals surface area contributed by atoms with E-state index < -0.39 is 5.91 Å². The molecule has 1 aromatic rings. The van der Waals surface area contributed by atoms with Gasteiger partial charge in [-0.2, -0.15) is 4.99 Å². The Bertz CT molecular complexity index is 464. The van der Waals surface area contributed by atoms with E-state index in [4.69, 9.17) is 17.2 Å². The lowest BCUT2D eigenvalue weighted by atomic mass is 10.3. The van der Waals surface area contributed by atoms with Gasteiger partial charge in [0.2, 0.25) is 0 Å². The number of aliphatic imine (C=N–C) groups is 1. The van der Waals surface area contributed by atoms with E-state index in [0.717, 1.165) is 11.8 Å². The lowest BCUT2D eigenvalue weighted by molar-refractivity contribution is 0.0999. The summed E-state index contributed by atoms with van der Waals surface area (Å²) in [6.07, 6.45) is 1.70. The van der Waals surface area contributed by atoms with Crippen molar-refractivity contribution in [2.45, 2.75) is 6.92 Å². The number of nitrogens with zero attached hydrogens (tertiary/aromatic N) is 3. The summed E-state index contributed by atoms with van der Waals surface area (Å²) in [5, 5.41) is 0.140. The van der Waals surface area contributed by atoms with E-state index in [1.807, 2.05) is 0 Å². The molecule has 1 amide bonds. The van der Waals surface area contributed by atoms with Crippen molar-refractivity contribution in [1.82, 2.24) is 9.97 Å². The summed E-state index contributed by atoms with van der Waals surface area (Å²) < 4.78 is 0. The zero-order valence-electron chi connectivity index (χ0n) is 9.30. The first-order valence-corrected chi connectivity index (χ1v) is 5.50. The number of aryl methyl sites for hydroxylation is 1. The molecule has 1 aromatic heterocycles. The lowest BCUT2D eigenvalue weighted by Crippen LogP contribution is -2.14. The highest BCUT2D eigenvalue weighted by molar-refractivity contribution is 14.0. The topological polar surface area (TPSA) is 133 Å². The molecule has 0 fully saturated rings. The Hall–Kier alpha value is -1.10. The Balaban J connectivity index is 0.00000256. The largest absolute Gasteiger partial charge is 0.382 e. The number of aromatic nitrogens is 2. The second kappa shape index (κ2) is 6.59. The minimum atomic E-state index is -0.625. The zero-order chi connectivity index (χ0) is 12.3. The average molecular weight is 368 g/mol. The van der Waals surface area contributed by atoms with Crippen LogP contribution >= 0.6 is 35.7 Å². The van der Waals surface area contributed by atoms with Gasteiger partial charge in [0.05, 0.1) is 5.69 Å². The normalized spacial score (nSPS) is 10.8. The molecular formula is C8H13IN6OS. The van der Waals surface area contributed by atoms with Crippen molar-refractivity contribution in [2.75, 3.05) is 17.7 Å². The molecular weight excluding hydrogens is 355 g/mol. The first-order chi connectivity index (χ1) is 7.45. The van der Waals surface area contributed by atoms with Crippen LogP contribution in [0.1, 0.15) is 16.2 Å². The third-order valence-corrected chi connectivity index (χ3v) is 2.27. The molecule has 1 rings (SSSR count). The maximum Gasteiger partial charge on any atom is 0.301 e. The first-order valence-electron chi connectivity index (χ1n) is 4.27. The van der Waals surface area contributed by atoms with Gasteiger partial charge in [0.1, 0.15) is 5.82 Å². The first kappa shape index (κ1) is 15.9. The summed E-state index contributed by atoms with van der Waals surface area (Å²) >= 11 is 1.15. The third-order valence-electron chi connectivity index (χ3n) is 1.76. The van der Waals surface area contributed by atoms with Gasteiger partial charge in [-0.3, -0.25) is 4.79 Å². The van der Waals surface area contributed by atoms with Gasteiger partial charge in [0.15, 0.2) is 16.7 Å². The summed E-state index contributed by atoms with van der Waals surface area (Å²) in [7, 11) is 0. The minimum Gasteiger partial charge on any atom is -0.382 e. The Morgan fingerprint density at radius 2 is 1.88 bits per heavy atom. The Morgan fingerprint density at radius 3 is 2.41 bits per heavy atom. The highest BCUT2D eigenvalue weighted by Gasteiger charge is 2.14. The molecule has 7 nitrogen and oxygen atoms in total. The van der Waals surface area contributed by atoms with E-state index in [1.165, 1.54) is 0 Å². The van der Waals surface area contributed by atoms with Gasteiger partial charge in [-0.1, -0.05) is 11.8 Å². The molecule has 0 aliphatic carbocycles. The van der Waals surface area contributed by atoms with E-state index in [1.54, 1.807) is 13.2 Å². The molecule has 0 bridgehead atoms. The summed E-state index contributed by atoms with van der Waals surface area (Å²) in [4.78, 5) is 22.9. The van der Waals surface area contributed by atoms with Crippen molar-refractivity contribution in [2.24, 2.45) is 10.7 Å². The molecule has 0 radical (unpaired) electrons. The summed E-state index contributed by atoms with van der Waals surface area (Å²) in [6, 6.07) is 0. The Kier molecular flexibility index (Phi) is 6.16. The second-order valence-corrected chi connectivity index (χ2v) is 3.71. The molecule has 0 atom stereocenters. The van der Waals surface area contributed by atoms with E-state index >= 15 is 0 Å². The van der Waals surface area contributed by atoms with Crippen LogP contribution in [0, 0.1) is 6.92 Å². The van der Waals surface area contributed by atoms with Gasteiger partial charge in [0, 0.05) is 0 Å². The summed E-state index contributed by atoms with van der Waals surface area (Å²) in [5.41, 5.74) is 16.8. The van der Waals surface area contributed by atoms with Crippen LogP contribution in [0.3, 0.4) is 0 Å². The number of nitrogens with two attached hydrogens (primary N) is 3.